The second-order valence-corrected chi connectivity index (χ2v) is 5.08. The highest BCUT2D eigenvalue weighted by molar-refractivity contribution is 5.99. The van der Waals surface area contributed by atoms with Crippen LogP contribution in [0.25, 0.3) is 0 Å². The van der Waals surface area contributed by atoms with E-state index in [1.54, 1.807) is 51.3 Å². The van der Waals surface area contributed by atoms with Gasteiger partial charge in [-0.05, 0) is 49.7 Å². The Hall–Kier alpha value is -2.89. The summed E-state index contributed by atoms with van der Waals surface area (Å²) in [4.78, 5) is 22.9. The molecule has 0 N–H and O–H groups in total. The highest BCUT2D eigenvalue weighted by Crippen LogP contribution is 2.29. The number of rotatable bonds is 6. The molecule has 6 heteroatoms. The Kier molecular flexibility index (Phi) is 4.95. The van der Waals surface area contributed by atoms with Gasteiger partial charge < -0.3 is 9.47 Å². The first kappa shape index (κ1) is 16.5. The SMILES string of the molecule is COc1ccc(C(=O)C(C)Oc2ccc(C)cc2[N+](=O)[O-])cc1. The minimum absolute atomic E-state index is 0.0787. The summed E-state index contributed by atoms with van der Waals surface area (Å²) in [6.45, 7) is 3.32. The average Bonchev–Trinajstić information content (AvgIpc) is 2.55. The van der Waals surface area contributed by atoms with E-state index >= 15 is 0 Å². The summed E-state index contributed by atoms with van der Waals surface area (Å²) in [5.74, 6) is 0.460. The predicted molar refractivity (Wildman–Crippen MR) is 85.2 cm³/mol. The van der Waals surface area contributed by atoms with E-state index in [0.717, 1.165) is 5.56 Å². The predicted octanol–water partition coefficient (Wildman–Crippen LogP) is 3.56. The van der Waals surface area contributed by atoms with Gasteiger partial charge in [-0.1, -0.05) is 6.07 Å². The number of hydrogen-bond donors (Lipinski definition) is 0. The Morgan fingerprint density at radius 2 is 1.83 bits per heavy atom. The lowest BCUT2D eigenvalue weighted by molar-refractivity contribution is -0.386. The molecule has 0 aliphatic heterocycles. The molecule has 1 atom stereocenters. The number of carbonyl (C=O) groups excluding carboxylic acids is 1. The Bertz CT molecular complexity index is 724. The molecule has 0 saturated carbocycles. The number of aryl methyl sites for hydroxylation is 1. The van der Waals surface area contributed by atoms with Gasteiger partial charge in [0.2, 0.25) is 5.78 Å². The zero-order chi connectivity index (χ0) is 17.0. The van der Waals surface area contributed by atoms with Crippen LogP contribution in [0.3, 0.4) is 0 Å². The maximum Gasteiger partial charge on any atom is 0.311 e. The van der Waals surface area contributed by atoms with Crippen molar-refractivity contribution in [2.45, 2.75) is 20.0 Å². The van der Waals surface area contributed by atoms with E-state index < -0.39 is 11.0 Å². The average molecular weight is 315 g/mol. The van der Waals surface area contributed by atoms with E-state index in [2.05, 4.69) is 0 Å². The Balaban J connectivity index is 2.19. The first-order chi connectivity index (χ1) is 10.9. The number of nitro groups is 1. The Morgan fingerprint density at radius 3 is 2.39 bits per heavy atom. The number of nitro benzene ring substituents is 1. The van der Waals surface area contributed by atoms with E-state index in [1.165, 1.54) is 12.1 Å². The lowest BCUT2D eigenvalue weighted by Crippen LogP contribution is -2.24. The number of ether oxygens (including phenoxy) is 2. The van der Waals surface area contributed by atoms with Gasteiger partial charge in [-0.25, -0.2) is 0 Å². The molecule has 0 saturated heterocycles. The lowest BCUT2D eigenvalue weighted by Gasteiger charge is -2.14. The number of benzene rings is 2. The molecule has 0 bridgehead atoms. The van der Waals surface area contributed by atoms with Gasteiger partial charge in [0.1, 0.15) is 5.75 Å². The molecule has 2 aromatic carbocycles. The molecule has 1 unspecified atom stereocenters. The fraction of sp³-hybridized carbons (Fsp3) is 0.235. The first-order valence-electron chi connectivity index (χ1n) is 7.02. The van der Waals surface area contributed by atoms with Crippen LogP contribution < -0.4 is 9.47 Å². The second-order valence-electron chi connectivity index (χ2n) is 5.08. The van der Waals surface area contributed by atoms with Crippen LogP contribution in [0.4, 0.5) is 5.69 Å². The maximum absolute atomic E-state index is 12.4. The molecule has 0 amide bonds. The molecule has 0 aliphatic carbocycles. The molecule has 0 aromatic heterocycles. The van der Waals surface area contributed by atoms with Crippen LogP contribution in [0.2, 0.25) is 0 Å². The molecule has 0 spiro atoms. The number of Topliss-reactive ketones (excluding diaryl/α,β-unsaturated/α-hetero) is 1. The largest absolute Gasteiger partial charge is 0.497 e. The topological polar surface area (TPSA) is 78.7 Å². The van der Waals surface area contributed by atoms with Gasteiger partial charge in [0.15, 0.2) is 11.9 Å². The van der Waals surface area contributed by atoms with Crippen molar-refractivity contribution in [3.05, 3.63) is 63.7 Å². The van der Waals surface area contributed by atoms with Crippen molar-refractivity contribution >= 4 is 11.5 Å². The van der Waals surface area contributed by atoms with Crippen molar-refractivity contribution < 1.29 is 19.2 Å². The molecule has 0 heterocycles. The zero-order valence-corrected chi connectivity index (χ0v) is 13.1. The van der Waals surface area contributed by atoms with E-state index in [1.807, 2.05) is 0 Å². The van der Waals surface area contributed by atoms with Crippen LogP contribution in [0, 0.1) is 17.0 Å². The Morgan fingerprint density at radius 1 is 1.17 bits per heavy atom. The first-order valence-corrected chi connectivity index (χ1v) is 7.02. The molecule has 120 valence electrons. The minimum atomic E-state index is -0.843. The summed E-state index contributed by atoms with van der Waals surface area (Å²) < 4.78 is 10.6. The number of ketones is 1. The van der Waals surface area contributed by atoms with Crippen molar-refractivity contribution in [1.29, 1.82) is 0 Å². The third-order valence-corrected chi connectivity index (χ3v) is 3.36. The molecule has 6 nitrogen and oxygen atoms in total. The normalized spacial score (nSPS) is 11.6. The van der Waals surface area contributed by atoms with Crippen molar-refractivity contribution in [2.24, 2.45) is 0 Å². The second kappa shape index (κ2) is 6.91. The molecular weight excluding hydrogens is 298 g/mol. The van der Waals surface area contributed by atoms with Crippen molar-refractivity contribution in [3.8, 4) is 11.5 Å². The lowest BCUT2D eigenvalue weighted by atomic mass is 10.1. The van der Waals surface area contributed by atoms with E-state index in [-0.39, 0.29) is 17.2 Å². The molecule has 0 aliphatic rings. The van der Waals surface area contributed by atoms with E-state index in [9.17, 15) is 14.9 Å². The van der Waals surface area contributed by atoms with Gasteiger partial charge in [0.25, 0.3) is 0 Å². The van der Waals surface area contributed by atoms with Crippen LogP contribution in [0.1, 0.15) is 22.8 Å². The summed E-state index contributed by atoms with van der Waals surface area (Å²) in [5, 5.41) is 11.1. The summed E-state index contributed by atoms with van der Waals surface area (Å²) >= 11 is 0. The number of hydrogen-bond acceptors (Lipinski definition) is 5. The minimum Gasteiger partial charge on any atom is -0.497 e. The maximum atomic E-state index is 12.4. The van der Waals surface area contributed by atoms with E-state index in [4.69, 9.17) is 9.47 Å². The summed E-state index contributed by atoms with van der Waals surface area (Å²) in [5.41, 5.74) is 1.05. The number of nitrogens with zero attached hydrogens (tertiary/aromatic N) is 1. The number of methoxy groups -OCH3 is 1. The quantitative estimate of drug-likeness (QED) is 0.462. The van der Waals surface area contributed by atoms with Crippen LogP contribution >= 0.6 is 0 Å². The molecular formula is C17H17NO5. The fourth-order valence-corrected chi connectivity index (χ4v) is 2.10. The fourth-order valence-electron chi connectivity index (χ4n) is 2.10. The molecule has 0 radical (unpaired) electrons. The van der Waals surface area contributed by atoms with Crippen LogP contribution in [-0.2, 0) is 0 Å². The summed E-state index contributed by atoms with van der Waals surface area (Å²) in [6.07, 6.45) is -0.843. The summed E-state index contributed by atoms with van der Waals surface area (Å²) in [7, 11) is 1.54. The van der Waals surface area contributed by atoms with E-state index in [0.29, 0.717) is 11.3 Å². The monoisotopic (exact) mass is 315 g/mol. The Labute approximate surface area is 133 Å². The van der Waals surface area contributed by atoms with Crippen LogP contribution in [0.15, 0.2) is 42.5 Å². The van der Waals surface area contributed by atoms with Crippen LogP contribution in [0.5, 0.6) is 11.5 Å². The zero-order valence-electron chi connectivity index (χ0n) is 13.1. The molecule has 2 rings (SSSR count). The standard InChI is InChI=1S/C17H17NO5/c1-11-4-9-16(15(10-11)18(20)21)23-12(2)17(19)13-5-7-14(22-3)8-6-13/h4-10,12H,1-3H3. The highest BCUT2D eigenvalue weighted by Gasteiger charge is 2.22. The molecule has 2 aromatic rings. The molecule has 23 heavy (non-hydrogen) atoms. The summed E-state index contributed by atoms with van der Waals surface area (Å²) in [6, 6.07) is 11.2. The van der Waals surface area contributed by atoms with Crippen LogP contribution in [-0.4, -0.2) is 23.9 Å². The van der Waals surface area contributed by atoms with Crippen molar-refractivity contribution in [3.63, 3.8) is 0 Å². The smallest absolute Gasteiger partial charge is 0.311 e. The van der Waals surface area contributed by atoms with Gasteiger partial charge >= 0.3 is 5.69 Å². The highest BCUT2D eigenvalue weighted by atomic mass is 16.6. The van der Waals surface area contributed by atoms with Gasteiger partial charge in [-0.15, -0.1) is 0 Å². The molecule has 0 fully saturated rings. The van der Waals surface area contributed by atoms with Crippen molar-refractivity contribution in [1.82, 2.24) is 0 Å². The van der Waals surface area contributed by atoms with Gasteiger partial charge in [-0.2, -0.15) is 0 Å². The number of carbonyl (C=O) groups is 1. The van der Waals surface area contributed by atoms with Gasteiger partial charge in [0, 0.05) is 11.6 Å². The third-order valence-electron chi connectivity index (χ3n) is 3.36. The van der Waals surface area contributed by atoms with Gasteiger partial charge in [0.05, 0.1) is 12.0 Å². The third kappa shape index (κ3) is 3.85. The van der Waals surface area contributed by atoms with Crippen molar-refractivity contribution in [2.75, 3.05) is 7.11 Å². The van der Waals surface area contributed by atoms with Gasteiger partial charge in [-0.3, -0.25) is 14.9 Å².